The molecule has 5 nitrogen and oxygen atoms in total. The lowest BCUT2D eigenvalue weighted by Gasteiger charge is -2.36. The summed E-state index contributed by atoms with van der Waals surface area (Å²) in [4.78, 5) is 28.8. The number of carbonyl (C=O) groups is 2. The van der Waals surface area contributed by atoms with E-state index in [9.17, 15) is 9.59 Å². The highest BCUT2D eigenvalue weighted by Crippen LogP contribution is 2.37. The molecular formula is C22H19Cl2N3O2S2. The Kier molecular flexibility index (Phi) is 6.48. The van der Waals surface area contributed by atoms with Crippen LogP contribution < -0.4 is 5.32 Å². The van der Waals surface area contributed by atoms with E-state index in [-0.39, 0.29) is 11.7 Å². The van der Waals surface area contributed by atoms with Crippen molar-refractivity contribution in [3.05, 3.63) is 63.0 Å². The Balaban J connectivity index is 1.38. The fraction of sp³-hybridized carbons (Fsp3) is 0.227. The van der Waals surface area contributed by atoms with Crippen LogP contribution in [0.1, 0.15) is 27.0 Å². The van der Waals surface area contributed by atoms with E-state index in [1.807, 2.05) is 29.2 Å². The summed E-state index contributed by atoms with van der Waals surface area (Å²) in [6.45, 7) is 3.88. The predicted molar refractivity (Wildman–Crippen MR) is 132 cm³/mol. The monoisotopic (exact) mass is 491 g/mol. The van der Waals surface area contributed by atoms with Crippen LogP contribution >= 0.6 is 46.8 Å². The molecule has 0 bridgehead atoms. The molecule has 2 aromatic carbocycles. The Labute approximate surface area is 199 Å². The number of nitrogens with zero attached hydrogens (tertiary/aromatic N) is 2. The van der Waals surface area contributed by atoms with Crippen molar-refractivity contribution in [3.63, 3.8) is 0 Å². The van der Waals surface area contributed by atoms with Gasteiger partial charge in [-0.25, -0.2) is 0 Å². The molecule has 31 heavy (non-hydrogen) atoms. The summed E-state index contributed by atoms with van der Waals surface area (Å²) in [5.74, 6) is -0.0441. The van der Waals surface area contributed by atoms with Crippen molar-refractivity contribution >= 4 is 79.3 Å². The molecule has 0 atom stereocenters. The lowest BCUT2D eigenvalue weighted by molar-refractivity contribution is 0.0698. The van der Waals surface area contributed by atoms with Gasteiger partial charge >= 0.3 is 0 Å². The van der Waals surface area contributed by atoms with Gasteiger partial charge in [-0.1, -0.05) is 29.3 Å². The number of amides is 1. The third-order valence-electron chi connectivity index (χ3n) is 5.18. The van der Waals surface area contributed by atoms with Crippen LogP contribution in [0.25, 0.3) is 10.1 Å². The third kappa shape index (κ3) is 4.70. The second kappa shape index (κ2) is 9.12. The standard InChI is InChI=1S/C22H19Cl2N3O2S2/c1-13(28)14-2-5-16(6-3-14)25-22(30)27-10-8-26(9-11-27)21(29)20-19(24)17-7-4-15(23)12-18(17)31-20/h2-7,12H,8-11H2,1H3,(H,25,30). The number of nitrogens with one attached hydrogen (secondary N) is 1. The zero-order valence-corrected chi connectivity index (χ0v) is 19.8. The molecule has 1 aliphatic rings. The van der Waals surface area contributed by atoms with Crippen molar-refractivity contribution < 1.29 is 9.59 Å². The number of hydrogen-bond acceptors (Lipinski definition) is 4. The first-order valence-corrected chi connectivity index (χ1v) is 11.7. The van der Waals surface area contributed by atoms with Gasteiger partial charge in [0.2, 0.25) is 0 Å². The first-order valence-electron chi connectivity index (χ1n) is 9.67. The minimum atomic E-state index is -0.0688. The van der Waals surface area contributed by atoms with Crippen LogP contribution in [0.5, 0.6) is 0 Å². The van der Waals surface area contributed by atoms with E-state index in [4.69, 9.17) is 35.4 Å². The summed E-state index contributed by atoms with van der Waals surface area (Å²) in [6.07, 6.45) is 0. The lowest BCUT2D eigenvalue weighted by atomic mass is 10.1. The lowest BCUT2D eigenvalue weighted by Crippen LogP contribution is -2.51. The van der Waals surface area contributed by atoms with E-state index in [1.165, 1.54) is 18.3 Å². The molecule has 1 aliphatic heterocycles. The molecule has 9 heteroatoms. The SMILES string of the molecule is CC(=O)c1ccc(NC(=S)N2CCN(C(=O)c3sc4cc(Cl)ccc4c3Cl)CC2)cc1. The molecule has 0 saturated carbocycles. The Hall–Kier alpha value is -2.19. The van der Waals surface area contributed by atoms with Gasteiger partial charge in [0.25, 0.3) is 5.91 Å². The quantitative estimate of drug-likeness (QED) is 0.383. The average Bonchev–Trinajstić information content (AvgIpc) is 3.09. The van der Waals surface area contributed by atoms with Gasteiger partial charge in [-0.3, -0.25) is 9.59 Å². The van der Waals surface area contributed by atoms with Gasteiger partial charge in [-0.15, -0.1) is 11.3 Å². The van der Waals surface area contributed by atoms with Crippen molar-refractivity contribution in [3.8, 4) is 0 Å². The third-order valence-corrected chi connectivity index (χ3v) is 7.42. The van der Waals surface area contributed by atoms with Crippen molar-refractivity contribution in [2.24, 2.45) is 0 Å². The number of ketones is 1. The summed E-state index contributed by atoms with van der Waals surface area (Å²) < 4.78 is 0.903. The van der Waals surface area contributed by atoms with E-state index in [2.05, 4.69) is 5.32 Å². The molecular weight excluding hydrogens is 473 g/mol. The van der Waals surface area contributed by atoms with Crippen LogP contribution in [0.2, 0.25) is 10.0 Å². The zero-order valence-electron chi connectivity index (χ0n) is 16.7. The van der Waals surface area contributed by atoms with Crippen LogP contribution in [0.4, 0.5) is 5.69 Å². The van der Waals surface area contributed by atoms with E-state index < -0.39 is 0 Å². The molecule has 4 rings (SSSR count). The van der Waals surface area contributed by atoms with Crippen molar-refractivity contribution in [2.75, 3.05) is 31.5 Å². The molecule has 3 aromatic rings. The summed E-state index contributed by atoms with van der Waals surface area (Å²) in [7, 11) is 0. The zero-order chi connectivity index (χ0) is 22.1. The molecule has 0 spiro atoms. The molecule has 1 aromatic heterocycles. The fourth-order valence-electron chi connectivity index (χ4n) is 3.42. The van der Waals surface area contributed by atoms with Gasteiger partial charge in [0.05, 0.1) is 5.02 Å². The van der Waals surface area contributed by atoms with E-state index in [1.54, 1.807) is 23.1 Å². The fourth-order valence-corrected chi connectivity index (χ4v) is 5.48. The van der Waals surface area contributed by atoms with Crippen molar-refractivity contribution in [1.29, 1.82) is 0 Å². The smallest absolute Gasteiger partial charge is 0.265 e. The summed E-state index contributed by atoms with van der Waals surface area (Å²) in [5, 5.41) is 5.74. The molecule has 0 aliphatic carbocycles. The summed E-state index contributed by atoms with van der Waals surface area (Å²) >= 11 is 19.4. The molecule has 0 radical (unpaired) electrons. The number of Topliss-reactive ketones (excluding diaryl/α,β-unsaturated/α-hetero) is 1. The average molecular weight is 492 g/mol. The number of hydrogen-bond donors (Lipinski definition) is 1. The first kappa shape index (κ1) is 22.0. The maximum atomic E-state index is 13.1. The van der Waals surface area contributed by atoms with Crippen LogP contribution in [-0.4, -0.2) is 52.8 Å². The van der Waals surface area contributed by atoms with Gasteiger partial charge in [0.1, 0.15) is 4.88 Å². The molecule has 1 fully saturated rings. The van der Waals surface area contributed by atoms with Gasteiger partial charge in [0, 0.05) is 52.5 Å². The Morgan fingerprint density at radius 2 is 1.65 bits per heavy atom. The van der Waals surface area contributed by atoms with Crippen molar-refractivity contribution in [2.45, 2.75) is 6.92 Å². The number of fused-ring (bicyclic) bond motifs is 1. The maximum absolute atomic E-state index is 13.1. The topological polar surface area (TPSA) is 52.7 Å². The number of thiocarbonyl (C=S) groups is 1. The Morgan fingerprint density at radius 1 is 1.00 bits per heavy atom. The Morgan fingerprint density at radius 3 is 2.29 bits per heavy atom. The maximum Gasteiger partial charge on any atom is 0.265 e. The number of halogens is 2. The highest BCUT2D eigenvalue weighted by atomic mass is 35.5. The van der Waals surface area contributed by atoms with Crippen LogP contribution in [0.15, 0.2) is 42.5 Å². The second-order valence-electron chi connectivity index (χ2n) is 7.23. The van der Waals surface area contributed by atoms with Crippen LogP contribution in [-0.2, 0) is 0 Å². The highest BCUT2D eigenvalue weighted by molar-refractivity contribution is 7.80. The largest absolute Gasteiger partial charge is 0.345 e. The minimum Gasteiger partial charge on any atom is -0.345 e. The van der Waals surface area contributed by atoms with Gasteiger partial charge < -0.3 is 15.1 Å². The Bertz CT molecular complexity index is 1170. The van der Waals surface area contributed by atoms with E-state index in [0.717, 1.165) is 15.8 Å². The number of rotatable bonds is 3. The predicted octanol–water partition coefficient (Wildman–Crippen LogP) is 5.57. The molecule has 0 unspecified atom stereocenters. The van der Waals surface area contributed by atoms with Crippen LogP contribution in [0.3, 0.4) is 0 Å². The molecule has 160 valence electrons. The summed E-state index contributed by atoms with van der Waals surface area (Å²) in [5.41, 5.74) is 1.48. The van der Waals surface area contributed by atoms with E-state index in [0.29, 0.717) is 51.8 Å². The minimum absolute atomic E-state index is 0.0248. The van der Waals surface area contributed by atoms with Gasteiger partial charge in [-0.05, 0) is 55.5 Å². The van der Waals surface area contributed by atoms with Gasteiger partial charge in [-0.2, -0.15) is 0 Å². The van der Waals surface area contributed by atoms with Gasteiger partial charge in [0.15, 0.2) is 10.9 Å². The normalized spacial score (nSPS) is 14.0. The molecule has 1 N–H and O–H groups in total. The molecule has 2 heterocycles. The number of piperazine rings is 1. The first-order chi connectivity index (χ1) is 14.8. The summed E-state index contributed by atoms with van der Waals surface area (Å²) in [6, 6.07) is 12.7. The number of benzene rings is 2. The van der Waals surface area contributed by atoms with E-state index >= 15 is 0 Å². The molecule has 1 amide bonds. The number of carbonyl (C=O) groups excluding carboxylic acids is 2. The van der Waals surface area contributed by atoms with Crippen LogP contribution in [0, 0.1) is 0 Å². The molecule has 1 saturated heterocycles. The number of thiophene rings is 1. The second-order valence-corrected chi connectivity index (χ2v) is 9.48. The highest BCUT2D eigenvalue weighted by Gasteiger charge is 2.27. The van der Waals surface area contributed by atoms with Crippen molar-refractivity contribution in [1.82, 2.24) is 9.80 Å². The number of anilines is 1.